The highest BCUT2D eigenvalue weighted by Crippen LogP contribution is 2.45. The summed E-state index contributed by atoms with van der Waals surface area (Å²) in [6.45, 7) is 3.12. The van der Waals surface area contributed by atoms with Crippen molar-refractivity contribution in [2.45, 2.75) is 24.9 Å². The average Bonchev–Trinajstić information content (AvgIpc) is 2.95. The molecule has 2 atom stereocenters. The molecule has 1 aliphatic rings. The minimum absolute atomic E-state index is 0.0372. The summed E-state index contributed by atoms with van der Waals surface area (Å²) in [4.78, 5) is 16.5. The molecule has 6 nitrogen and oxygen atoms in total. The lowest BCUT2D eigenvalue weighted by molar-refractivity contribution is -0.123. The van der Waals surface area contributed by atoms with Crippen LogP contribution in [0.5, 0.6) is 5.75 Å². The summed E-state index contributed by atoms with van der Waals surface area (Å²) < 4.78 is 19.3. The number of amides is 1. The summed E-state index contributed by atoms with van der Waals surface area (Å²) in [5, 5.41) is 10.5. The zero-order valence-electron chi connectivity index (χ0n) is 14.3. The molecular formula is C18H19ClFN3O3. The van der Waals surface area contributed by atoms with E-state index < -0.39 is 22.7 Å². The Morgan fingerprint density at radius 2 is 2.19 bits per heavy atom. The number of carbonyl (C=O) groups is 1. The molecule has 138 valence electrons. The predicted molar refractivity (Wildman–Crippen MR) is 95.3 cm³/mol. The number of ether oxygens (including phenoxy) is 1. The number of hydrogen-bond acceptors (Lipinski definition) is 5. The Balaban J connectivity index is 2.31. The fraction of sp³-hybridized carbons (Fsp3) is 0.333. The molecule has 0 bridgehead atoms. The van der Waals surface area contributed by atoms with Crippen molar-refractivity contribution >= 4 is 17.5 Å². The molecule has 2 heterocycles. The summed E-state index contributed by atoms with van der Waals surface area (Å²) in [6.07, 6.45) is 0. The van der Waals surface area contributed by atoms with E-state index in [9.17, 15) is 14.3 Å². The van der Waals surface area contributed by atoms with E-state index in [1.165, 1.54) is 25.1 Å². The van der Waals surface area contributed by atoms with Gasteiger partial charge < -0.3 is 21.3 Å². The van der Waals surface area contributed by atoms with E-state index in [2.05, 4.69) is 4.98 Å². The summed E-state index contributed by atoms with van der Waals surface area (Å²) in [6, 6.07) is 5.69. The van der Waals surface area contributed by atoms with E-state index in [4.69, 9.17) is 27.8 Å². The van der Waals surface area contributed by atoms with Crippen LogP contribution in [-0.2, 0) is 15.8 Å². The molecule has 0 saturated carbocycles. The molecule has 0 unspecified atom stereocenters. The van der Waals surface area contributed by atoms with E-state index in [0.29, 0.717) is 22.6 Å². The highest BCUT2D eigenvalue weighted by molar-refractivity contribution is 6.31. The van der Waals surface area contributed by atoms with Crippen molar-refractivity contribution in [2.75, 3.05) is 13.2 Å². The van der Waals surface area contributed by atoms with E-state index in [0.717, 1.165) is 0 Å². The number of aromatic nitrogens is 1. The second-order valence-electron chi connectivity index (χ2n) is 6.82. The van der Waals surface area contributed by atoms with Crippen LogP contribution >= 0.6 is 11.6 Å². The average molecular weight is 380 g/mol. The molecule has 0 aliphatic carbocycles. The molecule has 0 saturated heterocycles. The lowest BCUT2D eigenvalue weighted by atomic mass is 9.82. The highest BCUT2D eigenvalue weighted by Gasteiger charge is 2.44. The Kier molecular flexibility index (Phi) is 4.42. The Labute approximate surface area is 154 Å². The van der Waals surface area contributed by atoms with Gasteiger partial charge in [0.2, 0.25) is 5.91 Å². The van der Waals surface area contributed by atoms with Crippen LogP contribution in [0, 0.1) is 5.82 Å². The number of hydrogen-bond donors (Lipinski definition) is 3. The molecule has 26 heavy (non-hydrogen) atoms. The van der Waals surface area contributed by atoms with Gasteiger partial charge in [-0.1, -0.05) is 11.6 Å². The van der Waals surface area contributed by atoms with Crippen molar-refractivity contribution in [3.63, 3.8) is 0 Å². The molecule has 2 aromatic rings. The van der Waals surface area contributed by atoms with Gasteiger partial charge in [0.25, 0.3) is 0 Å². The van der Waals surface area contributed by atoms with Gasteiger partial charge in [-0.25, -0.2) is 9.37 Å². The first kappa shape index (κ1) is 18.6. The van der Waals surface area contributed by atoms with Crippen LogP contribution in [0.3, 0.4) is 0 Å². The van der Waals surface area contributed by atoms with Crippen molar-refractivity contribution in [3.05, 3.63) is 46.4 Å². The Hall–Kier alpha value is -2.22. The fourth-order valence-electron chi connectivity index (χ4n) is 2.81. The third kappa shape index (κ3) is 2.82. The second kappa shape index (κ2) is 6.19. The van der Waals surface area contributed by atoms with Crippen molar-refractivity contribution < 1.29 is 19.0 Å². The molecular weight excluding hydrogens is 361 g/mol. The normalized spacial score (nSPS) is 21.0. The third-order valence-electron chi connectivity index (χ3n) is 4.76. The molecule has 1 aromatic heterocycles. The van der Waals surface area contributed by atoms with Gasteiger partial charge in [-0.3, -0.25) is 4.79 Å². The van der Waals surface area contributed by atoms with Gasteiger partial charge in [0.15, 0.2) is 0 Å². The first-order chi connectivity index (χ1) is 12.1. The summed E-state index contributed by atoms with van der Waals surface area (Å²) in [7, 11) is 0. The number of benzene rings is 1. The van der Waals surface area contributed by atoms with E-state index in [1.54, 1.807) is 13.0 Å². The van der Waals surface area contributed by atoms with Gasteiger partial charge >= 0.3 is 0 Å². The smallest absolute Gasteiger partial charge is 0.231 e. The number of nitrogens with zero attached hydrogens (tertiary/aromatic N) is 1. The molecule has 3 rings (SSSR count). The number of halogens is 2. The van der Waals surface area contributed by atoms with E-state index in [1.807, 2.05) is 0 Å². The predicted octanol–water partition coefficient (Wildman–Crippen LogP) is 1.84. The van der Waals surface area contributed by atoms with E-state index in [-0.39, 0.29) is 23.9 Å². The molecule has 0 radical (unpaired) electrons. The van der Waals surface area contributed by atoms with Gasteiger partial charge in [0.05, 0.1) is 10.7 Å². The van der Waals surface area contributed by atoms with Crippen LogP contribution in [0.2, 0.25) is 5.02 Å². The Bertz CT molecular complexity index is 903. The summed E-state index contributed by atoms with van der Waals surface area (Å²) in [5.41, 5.74) is 10.3. The fourth-order valence-corrected chi connectivity index (χ4v) is 2.99. The van der Waals surface area contributed by atoms with Crippen molar-refractivity contribution in [1.82, 2.24) is 4.98 Å². The standard InChI is InChI=1S/C18H19ClFN3O3/c1-17(16(22)24)8-26-15-10(17)6-13(18(2,25)7-21)23-14(15)9-3-4-12(20)11(19)5-9/h3-6,25H,7-8,21H2,1-2H3,(H2,22,24)/t17-,18-/m0/s1. The second-order valence-corrected chi connectivity index (χ2v) is 7.23. The van der Waals surface area contributed by atoms with Crippen molar-refractivity contribution in [1.29, 1.82) is 0 Å². The number of aliphatic hydroxyl groups is 1. The van der Waals surface area contributed by atoms with Gasteiger partial charge in [-0.15, -0.1) is 0 Å². The number of pyridine rings is 1. The molecule has 1 aromatic carbocycles. The van der Waals surface area contributed by atoms with Crippen LogP contribution in [0.1, 0.15) is 25.1 Å². The van der Waals surface area contributed by atoms with Crippen LogP contribution in [0.25, 0.3) is 11.3 Å². The van der Waals surface area contributed by atoms with Crippen LogP contribution in [0.15, 0.2) is 24.3 Å². The maximum absolute atomic E-state index is 13.5. The third-order valence-corrected chi connectivity index (χ3v) is 5.05. The highest BCUT2D eigenvalue weighted by atomic mass is 35.5. The van der Waals surface area contributed by atoms with Crippen LogP contribution in [0.4, 0.5) is 4.39 Å². The van der Waals surface area contributed by atoms with Gasteiger partial charge in [0.1, 0.15) is 34.9 Å². The first-order valence-corrected chi connectivity index (χ1v) is 8.34. The molecule has 0 spiro atoms. The number of carbonyl (C=O) groups excluding carboxylic acids is 1. The van der Waals surface area contributed by atoms with Crippen molar-refractivity contribution in [3.8, 4) is 17.0 Å². The molecule has 1 amide bonds. The molecule has 5 N–H and O–H groups in total. The topological polar surface area (TPSA) is 111 Å². The maximum atomic E-state index is 13.5. The lowest BCUT2D eigenvalue weighted by Gasteiger charge is -2.24. The minimum Gasteiger partial charge on any atom is -0.489 e. The monoisotopic (exact) mass is 379 g/mol. The van der Waals surface area contributed by atoms with Crippen molar-refractivity contribution in [2.24, 2.45) is 11.5 Å². The largest absolute Gasteiger partial charge is 0.489 e. The quantitative estimate of drug-likeness (QED) is 0.750. The van der Waals surface area contributed by atoms with Crippen LogP contribution < -0.4 is 16.2 Å². The molecule has 1 aliphatic heterocycles. The Morgan fingerprint density at radius 3 is 2.77 bits per heavy atom. The number of nitrogens with two attached hydrogens (primary N) is 2. The van der Waals surface area contributed by atoms with Gasteiger partial charge in [0, 0.05) is 17.7 Å². The number of fused-ring (bicyclic) bond motifs is 1. The maximum Gasteiger partial charge on any atom is 0.231 e. The Morgan fingerprint density at radius 1 is 1.50 bits per heavy atom. The number of rotatable bonds is 4. The van der Waals surface area contributed by atoms with Gasteiger partial charge in [-0.05, 0) is 38.1 Å². The molecule has 8 heteroatoms. The zero-order chi connectivity index (χ0) is 19.3. The minimum atomic E-state index is -1.44. The zero-order valence-corrected chi connectivity index (χ0v) is 15.1. The summed E-state index contributed by atoms with van der Waals surface area (Å²) in [5.74, 6) is -0.783. The van der Waals surface area contributed by atoms with E-state index >= 15 is 0 Å². The van der Waals surface area contributed by atoms with Gasteiger partial charge in [-0.2, -0.15) is 0 Å². The summed E-state index contributed by atoms with van der Waals surface area (Å²) >= 11 is 5.89. The first-order valence-electron chi connectivity index (χ1n) is 7.97. The number of primary amides is 1. The molecule has 0 fully saturated rings. The lowest BCUT2D eigenvalue weighted by Crippen LogP contribution is -2.40. The SMILES string of the molecule is C[C@](O)(CN)c1cc2c(c(-c3ccc(F)c(Cl)c3)n1)OC[C@]2(C)C(N)=O. The van der Waals surface area contributed by atoms with Crippen LogP contribution in [-0.4, -0.2) is 29.1 Å².